The van der Waals surface area contributed by atoms with E-state index in [9.17, 15) is 88.4 Å². The highest BCUT2D eigenvalue weighted by atomic mass is 16.5. The van der Waals surface area contributed by atoms with Crippen LogP contribution in [0.25, 0.3) is 10.9 Å². The van der Waals surface area contributed by atoms with Gasteiger partial charge in [-0.3, -0.25) is 73.3 Å². The van der Waals surface area contributed by atoms with Gasteiger partial charge in [0.1, 0.15) is 47.5 Å². The molecule has 0 bridgehead atoms. The number of hydrogen-bond acceptors (Lipinski definition) is 20. The first-order chi connectivity index (χ1) is 39.1. The average Bonchev–Trinajstić information content (AvgIpc) is 1.58. The number of aromatic hydroxyl groups is 2. The number of amides is 12. The van der Waals surface area contributed by atoms with Crippen molar-refractivity contribution in [2.45, 2.75) is 126 Å². The number of hydrogen-bond donors (Lipinski definition) is 18. The highest BCUT2D eigenvalue weighted by Gasteiger charge is 2.39. The third-order valence-corrected chi connectivity index (χ3v) is 13.2. The lowest BCUT2D eigenvalue weighted by atomic mass is 10.0. The SMILES string of the molecule is NCCCCC(NC(=O)C(CO)NC(=O)C1CCNc2c(NC(=O)CCC(N)=O)cc3cc(O)c(O)cc3[n+]21)C(=O)NCC(=O)NC(CCCN(O)C=O)C(=O)NC1CCCCNC(=O)C(CO)NC(=O)C(CCCN(O)C=O)NC1=O. The summed E-state index contributed by atoms with van der Waals surface area (Å²) < 4.78 is 1.40. The Bertz CT molecular complexity index is 2630. The van der Waals surface area contributed by atoms with E-state index in [4.69, 9.17) is 11.5 Å². The number of nitrogens with two attached hydrogens (primary N) is 2. The van der Waals surface area contributed by atoms with Crippen LogP contribution < -0.4 is 69.2 Å². The van der Waals surface area contributed by atoms with Crippen molar-refractivity contribution in [2.24, 2.45) is 11.5 Å². The highest BCUT2D eigenvalue weighted by Crippen LogP contribution is 2.35. The number of primary amides is 1. The van der Waals surface area contributed by atoms with E-state index in [0.717, 1.165) is 0 Å². The van der Waals surface area contributed by atoms with E-state index < -0.39 is 133 Å². The quantitative estimate of drug-likeness (QED) is 0.00864. The van der Waals surface area contributed by atoms with Crippen molar-refractivity contribution in [1.82, 2.24) is 52.7 Å². The van der Waals surface area contributed by atoms with Crippen molar-refractivity contribution in [2.75, 3.05) is 63.1 Å². The van der Waals surface area contributed by atoms with Crippen LogP contribution in [0.5, 0.6) is 11.5 Å². The van der Waals surface area contributed by atoms with Crippen molar-refractivity contribution in [3.63, 3.8) is 0 Å². The topological polar surface area (TPSA) is 509 Å². The number of carbonyl (C=O) groups is 12. The molecule has 1 fully saturated rings. The first kappa shape index (κ1) is 66.0. The summed E-state index contributed by atoms with van der Waals surface area (Å²) in [5.74, 6) is -9.50. The Hall–Kier alpha value is -8.53. The predicted octanol–water partition coefficient (Wildman–Crippen LogP) is -6.21. The van der Waals surface area contributed by atoms with Crippen LogP contribution in [0.15, 0.2) is 18.2 Å². The zero-order valence-corrected chi connectivity index (χ0v) is 44.9. The second-order valence-corrected chi connectivity index (χ2v) is 19.3. The fourth-order valence-electron chi connectivity index (χ4n) is 8.81. The standard InChI is InChI=1S/C49H73N15O18/c50-14-3-1-7-28(57-48(79)34(24-66)61-49(80)35-13-16-52-42-32(56-40(72)12-11-39(51)71)19-27-20-37(69)38(70)21-36(27)64(35)42)43(74)54-22-41(73)55-29(9-5-17-62(81)25-67)45(76)58-30-8-2-4-15-53-44(75)33(23-65)60-47(78)31(59-46(30)77)10-6-18-63(82)26-68/h19-21,25-26,28-31,33-35,65-66,81-82H,1-18,22-24,50H2,(H13,51,52,53,54,55,56,57,58,59,60,61,69,70,71,72,73,74,75,76,77,78,79,80)/p+1. The number of anilines is 2. The number of phenolic OH excluding ortho intramolecular Hbond substituents is 2. The molecule has 4 rings (SSSR count). The van der Waals surface area contributed by atoms with E-state index in [1.165, 1.54) is 22.8 Å². The number of fused-ring (bicyclic) bond motifs is 3. The Morgan fingerprint density at radius 1 is 0.720 bits per heavy atom. The molecular formula is C49H74N15O18+. The van der Waals surface area contributed by atoms with E-state index >= 15 is 0 Å². The maximum absolute atomic E-state index is 14.2. The van der Waals surface area contributed by atoms with Gasteiger partial charge in [0.2, 0.25) is 66.0 Å². The van der Waals surface area contributed by atoms with Gasteiger partial charge in [-0.25, -0.2) is 14.7 Å². The number of carbonyl (C=O) groups excluding carboxylic acids is 12. The molecule has 3 heterocycles. The number of aromatic nitrogens is 1. The Labute approximate surface area is 468 Å². The molecule has 2 aliphatic heterocycles. The van der Waals surface area contributed by atoms with Crippen LogP contribution in [-0.2, 0) is 57.5 Å². The minimum absolute atomic E-state index is 0.0417. The minimum atomic E-state index is -1.69. The summed E-state index contributed by atoms with van der Waals surface area (Å²) in [4.78, 5) is 156. The molecule has 7 atom stereocenters. The number of nitrogens with one attached hydrogen (secondary N) is 10. The van der Waals surface area contributed by atoms with Crippen LogP contribution in [0, 0.1) is 0 Å². The Balaban J connectivity index is 1.51. The molecule has 0 aliphatic carbocycles. The van der Waals surface area contributed by atoms with E-state index in [2.05, 4.69) is 53.2 Å². The number of benzene rings is 1. The molecule has 2 aliphatic rings. The molecule has 452 valence electrons. The molecule has 12 amide bonds. The minimum Gasteiger partial charge on any atom is -0.504 e. The van der Waals surface area contributed by atoms with Gasteiger partial charge < -0.3 is 79.7 Å². The number of rotatable bonds is 30. The van der Waals surface area contributed by atoms with E-state index in [-0.39, 0.29) is 150 Å². The van der Waals surface area contributed by atoms with Gasteiger partial charge in [0, 0.05) is 50.3 Å². The largest absolute Gasteiger partial charge is 0.504 e. The van der Waals surface area contributed by atoms with Gasteiger partial charge in [-0.05, 0) is 82.9 Å². The van der Waals surface area contributed by atoms with Gasteiger partial charge in [-0.2, -0.15) is 0 Å². The molecule has 1 saturated heterocycles. The van der Waals surface area contributed by atoms with E-state index in [1.54, 1.807) is 0 Å². The summed E-state index contributed by atoms with van der Waals surface area (Å²) in [5, 5.41) is 86.7. The number of aliphatic hydroxyl groups excluding tert-OH is 2. The summed E-state index contributed by atoms with van der Waals surface area (Å²) in [6.07, 6.45) is 0.0942. The van der Waals surface area contributed by atoms with Crippen LogP contribution in [0.3, 0.4) is 0 Å². The summed E-state index contributed by atoms with van der Waals surface area (Å²) in [6, 6.07) is -6.19. The molecular weight excluding hydrogens is 1090 g/mol. The molecule has 33 nitrogen and oxygen atoms in total. The molecule has 1 aromatic heterocycles. The number of aliphatic hydroxyl groups is 2. The van der Waals surface area contributed by atoms with Gasteiger partial charge in [0.25, 0.3) is 11.7 Å². The van der Waals surface area contributed by atoms with Gasteiger partial charge in [-0.15, -0.1) is 0 Å². The maximum atomic E-state index is 14.2. The zero-order chi connectivity index (χ0) is 60.5. The lowest BCUT2D eigenvalue weighted by Gasteiger charge is -2.27. The molecule has 7 unspecified atom stereocenters. The molecule has 0 radical (unpaired) electrons. The van der Waals surface area contributed by atoms with Gasteiger partial charge >= 0.3 is 0 Å². The monoisotopic (exact) mass is 1160 g/mol. The number of unbranched alkanes of at least 4 members (excludes halogenated alkanes) is 1. The third-order valence-electron chi connectivity index (χ3n) is 13.2. The van der Waals surface area contributed by atoms with Crippen LogP contribution >= 0.6 is 0 Å². The lowest BCUT2D eigenvalue weighted by Crippen LogP contribution is -2.60. The van der Waals surface area contributed by atoms with E-state index in [1.807, 2.05) is 0 Å². The summed E-state index contributed by atoms with van der Waals surface area (Å²) in [7, 11) is 0. The lowest BCUT2D eigenvalue weighted by molar-refractivity contribution is -0.674. The first-order valence-electron chi connectivity index (χ1n) is 26.5. The molecule has 0 saturated carbocycles. The van der Waals surface area contributed by atoms with Crippen molar-refractivity contribution in [3.8, 4) is 11.5 Å². The Morgan fingerprint density at radius 2 is 1.39 bits per heavy atom. The molecule has 2 aromatic rings. The summed E-state index contributed by atoms with van der Waals surface area (Å²) >= 11 is 0. The van der Waals surface area contributed by atoms with Gasteiger partial charge in [-0.1, -0.05) is 0 Å². The fourth-order valence-corrected chi connectivity index (χ4v) is 8.81. The Kier molecular flexibility index (Phi) is 26.8. The van der Waals surface area contributed by atoms with Gasteiger partial charge in [0.05, 0.1) is 26.3 Å². The van der Waals surface area contributed by atoms with Crippen molar-refractivity contribution < 1.29 is 92.9 Å². The number of nitrogens with zero attached hydrogens (tertiary/aromatic N) is 3. The molecule has 0 spiro atoms. The second-order valence-electron chi connectivity index (χ2n) is 19.3. The molecule has 20 N–H and O–H groups in total. The van der Waals surface area contributed by atoms with Crippen molar-refractivity contribution >= 4 is 94.3 Å². The fraction of sp³-hybridized carbons (Fsp3) is 0.571. The van der Waals surface area contributed by atoms with Crippen molar-refractivity contribution in [3.05, 3.63) is 18.2 Å². The predicted molar refractivity (Wildman–Crippen MR) is 283 cm³/mol. The van der Waals surface area contributed by atoms with Crippen LogP contribution in [0.4, 0.5) is 11.5 Å². The van der Waals surface area contributed by atoms with Crippen LogP contribution in [-0.4, -0.2) is 202 Å². The average molecular weight is 1160 g/mol. The number of phenols is 2. The van der Waals surface area contributed by atoms with Crippen LogP contribution in [0.1, 0.15) is 89.5 Å². The Morgan fingerprint density at radius 3 is 2.06 bits per heavy atom. The van der Waals surface area contributed by atoms with Gasteiger partial charge in [0.15, 0.2) is 17.5 Å². The first-order valence-corrected chi connectivity index (χ1v) is 26.5. The molecule has 1 aromatic carbocycles. The summed E-state index contributed by atoms with van der Waals surface area (Å²) in [6.45, 7) is -2.79. The zero-order valence-electron chi connectivity index (χ0n) is 44.9. The maximum Gasteiger partial charge on any atom is 0.299 e. The van der Waals surface area contributed by atoms with Crippen LogP contribution in [0.2, 0.25) is 0 Å². The summed E-state index contributed by atoms with van der Waals surface area (Å²) in [5.41, 5.74) is 11.2. The molecule has 33 heteroatoms. The third kappa shape index (κ3) is 20.2. The highest BCUT2D eigenvalue weighted by molar-refractivity contribution is 5.99. The second kappa shape index (κ2) is 33.3. The number of pyridine rings is 1. The number of hydroxylamine groups is 4. The smallest absolute Gasteiger partial charge is 0.299 e. The molecule has 82 heavy (non-hydrogen) atoms. The van der Waals surface area contributed by atoms with Crippen molar-refractivity contribution in [1.29, 1.82) is 0 Å². The normalized spacial score (nSPS) is 18.4. The van der Waals surface area contributed by atoms with E-state index in [0.29, 0.717) is 11.5 Å².